The molecule has 1 aliphatic carbocycles. The maximum Gasteiger partial charge on any atom is 0.173 e. The number of rotatable bonds is 2. The van der Waals surface area contributed by atoms with Gasteiger partial charge in [0.2, 0.25) is 0 Å². The van der Waals surface area contributed by atoms with Gasteiger partial charge in [0.25, 0.3) is 0 Å². The van der Waals surface area contributed by atoms with E-state index in [4.69, 9.17) is 12.2 Å². The minimum Gasteiger partial charge on any atom is -0.349 e. The van der Waals surface area contributed by atoms with Crippen molar-refractivity contribution in [3.8, 4) is 0 Å². The van der Waals surface area contributed by atoms with E-state index in [0.29, 0.717) is 6.04 Å². The Hall–Kier alpha value is -1.09. The normalized spacial score (nSPS) is 16.1. The molecule has 0 bridgehead atoms. The van der Waals surface area contributed by atoms with Crippen molar-refractivity contribution in [2.24, 2.45) is 0 Å². The van der Waals surface area contributed by atoms with Gasteiger partial charge >= 0.3 is 0 Å². The SMILES string of the molecule is CN(C(=S)Nc1ccccc1)C1CCCC1. The second-order valence-electron chi connectivity index (χ2n) is 4.35. The molecule has 1 N–H and O–H groups in total. The monoisotopic (exact) mass is 234 g/mol. The largest absolute Gasteiger partial charge is 0.349 e. The Bertz CT molecular complexity index is 344. The summed E-state index contributed by atoms with van der Waals surface area (Å²) in [5.41, 5.74) is 1.07. The lowest BCUT2D eigenvalue weighted by molar-refractivity contribution is 0.377. The predicted molar refractivity (Wildman–Crippen MR) is 72.7 cm³/mol. The quantitative estimate of drug-likeness (QED) is 0.791. The molecule has 3 heteroatoms. The third-order valence-electron chi connectivity index (χ3n) is 3.22. The Balaban J connectivity index is 1.92. The van der Waals surface area contributed by atoms with Crippen molar-refractivity contribution in [2.45, 2.75) is 31.7 Å². The molecule has 1 aromatic rings. The van der Waals surface area contributed by atoms with Crippen LogP contribution in [0.2, 0.25) is 0 Å². The lowest BCUT2D eigenvalue weighted by atomic mass is 10.2. The van der Waals surface area contributed by atoms with Gasteiger partial charge in [0.1, 0.15) is 0 Å². The number of hydrogen-bond acceptors (Lipinski definition) is 1. The number of anilines is 1. The molecule has 86 valence electrons. The summed E-state index contributed by atoms with van der Waals surface area (Å²) < 4.78 is 0. The van der Waals surface area contributed by atoms with Crippen molar-refractivity contribution >= 4 is 23.0 Å². The Labute approximate surface area is 103 Å². The van der Waals surface area contributed by atoms with E-state index in [0.717, 1.165) is 10.8 Å². The van der Waals surface area contributed by atoms with E-state index in [9.17, 15) is 0 Å². The first-order valence-corrected chi connectivity index (χ1v) is 6.27. The summed E-state index contributed by atoms with van der Waals surface area (Å²) in [5, 5.41) is 4.11. The molecule has 16 heavy (non-hydrogen) atoms. The summed E-state index contributed by atoms with van der Waals surface area (Å²) in [6.07, 6.45) is 5.21. The van der Waals surface area contributed by atoms with Crippen LogP contribution in [0.3, 0.4) is 0 Å². The summed E-state index contributed by atoms with van der Waals surface area (Å²) in [6.45, 7) is 0. The standard InChI is InChI=1S/C13H18N2S/c1-15(12-9-5-6-10-12)13(16)14-11-7-3-2-4-8-11/h2-4,7-8,12H,5-6,9-10H2,1H3,(H,14,16). The Morgan fingerprint density at radius 1 is 1.25 bits per heavy atom. The Kier molecular flexibility index (Phi) is 3.78. The third kappa shape index (κ3) is 2.73. The fourth-order valence-corrected chi connectivity index (χ4v) is 2.46. The van der Waals surface area contributed by atoms with Crippen LogP contribution in [-0.2, 0) is 0 Å². The highest BCUT2D eigenvalue weighted by atomic mass is 32.1. The molecule has 2 rings (SSSR count). The Morgan fingerprint density at radius 3 is 2.50 bits per heavy atom. The molecule has 0 atom stereocenters. The van der Waals surface area contributed by atoms with E-state index in [2.05, 4.69) is 17.3 Å². The minimum atomic E-state index is 0.628. The van der Waals surface area contributed by atoms with Crippen LogP contribution >= 0.6 is 12.2 Å². The molecule has 2 nitrogen and oxygen atoms in total. The molecule has 0 aromatic heterocycles. The zero-order valence-electron chi connectivity index (χ0n) is 9.65. The average Bonchev–Trinajstić information content (AvgIpc) is 2.83. The third-order valence-corrected chi connectivity index (χ3v) is 3.61. The molecule has 0 heterocycles. The number of nitrogens with one attached hydrogen (secondary N) is 1. The maximum atomic E-state index is 5.41. The van der Waals surface area contributed by atoms with Crippen molar-refractivity contribution < 1.29 is 0 Å². The van der Waals surface area contributed by atoms with Gasteiger partial charge < -0.3 is 10.2 Å². The number of benzene rings is 1. The zero-order valence-corrected chi connectivity index (χ0v) is 10.5. The second kappa shape index (κ2) is 5.30. The van der Waals surface area contributed by atoms with Gasteiger partial charge in [-0.25, -0.2) is 0 Å². The highest BCUT2D eigenvalue weighted by Gasteiger charge is 2.21. The number of nitrogens with zero attached hydrogens (tertiary/aromatic N) is 1. The summed E-state index contributed by atoms with van der Waals surface area (Å²) in [6, 6.07) is 10.7. The van der Waals surface area contributed by atoms with Crippen molar-refractivity contribution in [3.05, 3.63) is 30.3 Å². The molecule has 0 saturated heterocycles. The van der Waals surface area contributed by atoms with E-state index in [1.54, 1.807) is 0 Å². The summed E-state index contributed by atoms with van der Waals surface area (Å²) in [4.78, 5) is 2.20. The first-order chi connectivity index (χ1) is 7.77. The first kappa shape index (κ1) is 11.4. The van der Waals surface area contributed by atoms with E-state index in [-0.39, 0.29) is 0 Å². The second-order valence-corrected chi connectivity index (χ2v) is 4.73. The van der Waals surface area contributed by atoms with Crippen LogP contribution in [0.15, 0.2) is 30.3 Å². The van der Waals surface area contributed by atoms with Crippen LogP contribution in [0.1, 0.15) is 25.7 Å². The van der Waals surface area contributed by atoms with Crippen LogP contribution in [0.25, 0.3) is 0 Å². The highest BCUT2D eigenvalue weighted by Crippen LogP contribution is 2.23. The molecule has 1 aromatic carbocycles. The van der Waals surface area contributed by atoms with Crippen molar-refractivity contribution in [1.82, 2.24) is 4.90 Å². The van der Waals surface area contributed by atoms with Gasteiger partial charge in [0, 0.05) is 18.8 Å². The zero-order chi connectivity index (χ0) is 11.4. The van der Waals surface area contributed by atoms with Crippen LogP contribution in [0.5, 0.6) is 0 Å². The van der Waals surface area contributed by atoms with Crippen LogP contribution in [0.4, 0.5) is 5.69 Å². The first-order valence-electron chi connectivity index (χ1n) is 5.86. The van der Waals surface area contributed by atoms with Crippen molar-refractivity contribution in [2.75, 3.05) is 12.4 Å². The number of para-hydroxylation sites is 1. The summed E-state index contributed by atoms with van der Waals surface area (Å²) in [5.74, 6) is 0. The van der Waals surface area contributed by atoms with E-state index >= 15 is 0 Å². The number of thiocarbonyl (C=S) groups is 1. The average molecular weight is 234 g/mol. The van der Waals surface area contributed by atoms with Gasteiger partial charge in [-0.15, -0.1) is 0 Å². The molecule has 0 unspecified atom stereocenters. The van der Waals surface area contributed by atoms with Gasteiger partial charge in [0.15, 0.2) is 5.11 Å². The fraction of sp³-hybridized carbons (Fsp3) is 0.462. The van der Waals surface area contributed by atoms with Crippen molar-refractivity contribution in [1.29, 1.82) is 0 Å². The van der Waals surface area contributed by atoms with Gasteiger partial charge in [-0.1, -0.05) is 31.0 Å². The van der Waals surface area contributed by atoms with Crippen LogP contribution < -0.4 is 5.32 Å². The summed E-state index contributed by atoms with van der Waals surface area (Å²) in [7, 11) is 2.09. The predicted octanol–water partition coefficient (Wildman–Crippen LogP) is 3.26. The minimum absolute atomic E-state index is 0.628. The fourth-order valence-electron chi connectivity index (χ4n) is 2.19. The van der Waals surface area contributed by atoms with E-state index in [1.165, 1.54) is 25.7 Å². The van der Waals surface area contributed by atoms with E-state index < -0.39 is 0 Å². The maximum absolute atomic E-state index is 5.41. The van der Waals surface area contributed by atoms with Gasteiger partial charge in [0.05, 0.1) is 0 Å². The Morgan fingerprint density at radius 2 is 1.88 bits per heavy atom. The topological polar surface area (TPSA) is 15.3 Å². The van der Waals surface area contributed by atoms with Crippen LogP contribution in [0, 0.1) is 0 Å². The lowest BCUT2D eigenvalue weighted by Gasteiger charge is -2.27. The molecule has 1 fully saturated rings. The molecule has 1 aliphatic rings. The molecule has 1 saturated carbocycles. The smallest absolute Gasteiger partial charge is 0.173 e. The molecule has 0 radical (unpaired) electrons. The van der Waals surface area contributed by atoms with Gasteiger partial charge in [-0.2, -0.15) is 0 Å². The number of hydrogen-bond donors (Lipinski definition) is 1. The molecular formula is C13H18N2S. The van der Waals surface area contributed by atoms with Crippen molar-refractivity contribution in [3.63, 3.8) is 0 Å². The van der Waals surface area contributed by atoms with Gasteiger partial charge in [-0.05, 0) is 37.2 Å². The molecule has 0 spiro atoms. The van der Waals surface area contributed by atoms with Gasteiger partial charge in [-0.3, -0.25) is 0 Å². The van der Waals surface area contributed by atoms with E-state index in [1.807, 2.05) is 30.3 Å². The van der Waals surface area contributed by atoms with Crippen LogP contribution in [-0.4, -0.2) is 23.1 Å². The highest BCUT2D eigenvalue weighted by molar-refractivity contribution is 7.80. The molecule has 0 aliphatic heterocycles. The molecule has 0 amide bonds. The summed E-state index contributed by atoms with van der Waals surface area (Å²) >= 11 is 5.41. The molecular weight excluding hydrogens is 216 g/mol. The lowest BCUT2D eigenvalue weighted by Crippen LogP contribution is -2.38.